The maximum atomic E-state index is 12.6. The molecule has 3 rings (SSSR count). The Morgan fingerprint density at radius 2 is 2.23 bits per heavy atom. The number of aromatic nitrogens is 2. The predicted octanol–water partition coefficient (Wildman–Crippen LogP) is 2.17. The molecule has 2 aromatic heterocycles. The lowest BCUT2D eigenvalue weighted by Gasteiger charge is -2.32. The van der Waals surface area contributed by atoms with Crippen LogP contribution in [0.25, 0.3) is 0 Å². The first kappa shape index (κ1) is 18.4. The fourth-order valence-electron chi connectivity index (χ4n) is 3.01. The van der Waals surface area contributed by atoms with Crippen molar-refractivity contribution in [1.29, 1.82) is 0 Å². The molecular formula is C19H26N4O3. The molecule has 140 valence electrons. The Morgan fingerprint density at radius 1 is 1.38 bits per heavy atom. The van der Waals surface area contributed by atoms with E-state index >= 15 is 0 Å². The van der Waals surface area contributed by atoms with Gasteiger partial charge in [0.2, 0.25) is 0 Å². The van der Waals surface area contributed by atoms with Gasteiger partial charge in [0.1, 0.15) is 11.6 Å². The molecule has 2 aromatic rings. The zero-order chi connectivity index (χ0) is 18.5. The maximum Gasteiger partial charge on any atom is 0.276 e. The molecule has 1 amide bonds. The second-order valence-corrected chi connectivity index (χ2v) is 6.73. The van der Waals surface area contributed by atoms with E-state index in [1.54, 1.807) is 6.07 Å². The van der Waals surface area contributed by atoms with Crippen molar-refractivity contribution in [3.63, 3.8) is 0 Å². The maximum absolute atomic E-state index is 12.6. The van der Waals surface area contributed by atoms with E-state index in [1.165, 1.54) is 5.56 Å². The van der Waals surface area contributed by atoms with Gasteiger partial charge in [0, 0.05) is 45.9 Å². The van der Waals surface area contributed by atoms with Crippen molar-refractivity contribution in [3.05, 3.63) is 41.4 Å². The summed E-state index contributed by atoms with van der Waals surface area (Å²) in [6, 6.07) is 5.85. The van der Waals surface area contributed by atoms with Gasteiger partial charge in [-0.25, -0.2) is 4.98 Å². The van der Waals surface area contributed by atoms with Crippen molar-refractivity contribution >= 4 is 11.7 Å². The summed E-state index contributed by atoms with van der Waals surface area (Å²) in [7, 11) is 3.96. The van der Waals surface area contributed by atoms with E-state index in [-0.39, 0.29) is 12.0 Å². The summed E-state index contributed by atoms with van der Waals surface area (Å²) in [5.41, 5.74) is 1.60. The average Bonchev–Trinajstić information content (AvgIpc) is 3.15. The molecule has 1 unspecified atom stereocenters. The van der Waals surface area contributed by atoms with Gasteiger partial charge in [-0.15, -0.1) is 0 Å². The molecule has 1 aliphatic rings. The molecule has 1 atom stereocenters. The first-order chi connectivity index (χ1) is 12.6. The van der Waals surface area contributed by atoms with Gasteiger partial charge in [-0.3, -0.25) is 4.79 Å². The Labute approximate surface area is 153 Å². The standard InChI is InChI=1S/C19H26N4O3/c1-4-15-12-17(21-26-15)19(24)23-9-10-25-16(13-23)6-5-14-7-8-20-18(11-14)22(2)3/h7-8,11-12,16H,4-6,9-10,13H2,1-3H3. The van der Waals surface area contributed by atoms with Crippen LogP contribution in [-0.2, 0) is 17.6 Å². The highest BCUT2D eigenvalue weighted by Gasteiger charge is 2.26. The van der Waals surface area contributed by atoms with Crippen molar-refractivity contribution in [3.8, 4) is 0 Å². The molecule has 7 nitrogen and oxygen atoms in total. The lowest BCUT2D eigenvalue weighted by atomic mass is 10.1. The minimum atomic E-state index is -0.0828. The summed E-state index contributed by atoms with van der Waals surface area (Å²) < 4.78 is 11.0. The molecule has 0 aliphatic carbocycles. The first-order valence-corrected chi connectivity index (χ1v) is 9.05. The average molecular weight is 358 g/mol. The molecule has 3 heterocycles. The van der Waals surface area contributed by atoms with Crippen molar-refractivity contribution in [2.45, 2.75) is 32.3 Å². The fourth-order valence-corrected chi connectivity index (χ4v) is 3.01. The van der Waals surface area contributed by atoms with Crippen molar-refractivity contribution < 1.29 is 14.1 Å². The zero-order valence-corrected chi connectivity index (χ0v) is 15.6. The van der Waals surface area contributed by atoms with Crippen LogP contribution in [0, 0.1) is 0 Å². The quantitative estimate of drug-likeness (QED) is 0.788. The van der Waals surface area contributed by atoms with Gasteiger partial charge < -0.3 is 19.1 Å². The third-order valence-electron chi connectivity index (χ3n) is 4.58. The van der Waals surface area contributed by atoms with Crippen molar-refractivity contribution in [1.82, 2.24) is 15.0 Å². The van der Waals surface area contributed by atoms with Crippen LogP contribution in [0.4, 0.5) is 5.82 Å². The lowest BCUT2D eigenvalue weighted by Crippen LogP contribution is -2.45. The number of ether oxygens (including phenoxy) is 1. The van der Waals surface area contributed by atoms with E-state index in [1.807, 2.05) is 43.1 Å². The van der Waals surface area contributed by atoms with Gasteiger partial charge in [-0.1, -0.05) is 12.1 Å². The van der Waals surface area contributed by atoms with E-state index in [2.05, 4.69) is 16.2 Å². The van der Waals surface area contributed by atoms with Crippen LogP contribution in [-0.4, -0.2) is 60.8 Å². The van der Waals surface area contributed by atoms with Gasteiger partial charge in [0.15, 0.2) is 5.69 Å². The molecule has 0 spiro atoms. The number of carbonyl (C=O) groups excluding carboxylic acids is 1. The predicted molar refractivity (Wildman–Crippen MR) is 98.4 cm³/mol. The Bertz CT molecular complexity index is 744. The third-order valence-corrected chi connectivity index (χ3v) is 4.58. The molecular weight excluding hydrogens is 332 g/mol. The van der Waals surface area contributed by atoms with Crippen LogP contribution in [0.1, 0.15) is 35.2 Å². The molecule has 0 bridgehead atoms. The monoisotopic (exact) mass is 358 g/mol. The van der Waals surface area contributed by atoms with E-state index in [4.69, 9.17) is 9.26 Å². The zero-order valence-electron chi connectivity index (χ0n) is 15.6. The lowest BCUT2D eigenvalue weighted by molar-refractivity contribution is -0.0249. The second-order valence-electron chi connectivity index (χ2n) is 6.73. The van der Waals surface area contributed by atoms with Crippen LogP contribution < -0.4 is 4.90 Å². The summed E-state index contributed by atoms with van der Waals surface area (Å²) in [4.78, 5) is 20.7. The summed E-state index contributed by atoms with van der Waals surface area (Å²) in [6.07, 6.45) is 4.34. The smallest absolute Gasteiger partial charge is 0.276 e. The summed E-state index contributed by atoms with van der Waals surface area (Å²) in [5.74, 6) is 1.59. The summed E-state index contributed by atoms with van der Waals surface area (Å²) >= 11 is 0. The Hall–Kier alpha value is -2.41. The van der Waals surface area contributed by atoms with Gasteiger partial charge in [-0.05, 0) is 30.5 Å². The van der Waals surface area contributed by atoms with Crippen LogP contribution >= 0.6 is 0 Å². The molecule has 0 aromatic carbocycles. The Morgan fingerprint density at radius 3 is 2.96 bits per heavy atom. The SMILES string of the molecule is CCc1cc(C(=O)N2CCOC(CCc3ccnc(N(C)C)c3)C2)no1. The number of amides is 1. The molecule has 7 heteroatoms. The summed E-state index contributed by atoms with van der Waals surface area (Å²) in [5, 5.41) is 3.89. The number of morpholine rings is 1. The molecule has 1 saturated heterocycles. The normalized spacial score (nSPS) is 17.3. The molecule has 1 aliphatic heterocycles. The molecule has 0 radical (unpaired) electrons. The number of hydrogen-bond donors (Lipinski definition) is 0. The van der Waals surface area contributed by atoms with Gasteiger partial charge in [0.05, 0.1) is 12.7 Å². The van der Waals surface area contributed by atoms with E-state index in [9.17, 15) is 4.79 Å². The highest BCUT2D eigenvalue weighted by molar-refractivity contribution is 5.92. The Balaban J connectivity index is 1.56. The number of anilines is 1. The molecule has 0 N–H and O–H groups in total. The molecule has 0 saturated carbocycles. The van der Waals surface area contributed by atoms with E-state index in [0.29, 0.717) is 25.4 Å². The minimum absolute atomic E-state index is 0.0289. The van der Waals surface area contributed by atoms with Gasteiger partial charge in [-0.2, -0.15) is 0 Å². The van der Waals surface area contributed by atoms with Crippen molar-refractivity contribution in [2.24, 2.45) is 0 Å². The highest BCUT2D eigenvalue weighted by atomic mass is 16.5. The number of carbonyl (C=O) groups is 1. The molecule has 26 heavy (non-hydrogen) atoms. The number of nitrogens with zero attached hydrogens (tertiary/aromatic N) is 4. The topological polar surface area (TPSA) is 71.7 Å². The van der Waals surface area contributed by atoms with Crippen LogP contribution in [0.5, 0.6) is 0 Å². The van der Waals surface area contributed by atoms with Crippen LogP contribution in [0.3, 0.4) is 0 Å². The minimum Gasteiger partial charge on any atom is -0.375 e. The fraction of sp³-hybridized carbons (Fsp3) is 0.526. The van der Waals surface area contributed by atoms with Gasteiger partial charge >= 0.3 is 0 Å². The van der Waals surface area contributed by atoms with E-state index in [0.717, 1.165) is 30.8 Å². The Kier molecular flexibility index (Phi) is 5.88. The highest BCUT2D eigenvalue weighted by Crippen LogP contribution is 2.17. The third kappa shape index (κ3) is 4.40. The number of pyridine rings is 1. The summed E-state index contributed by atoms with van der Waals surface area (Å²) in [6.45, 7) is 3.69. The number of hydrogen-bond acceptors (Lipinski definition) is 6. The van der Waals surface area contributed by atoms with Crippen LogP contribution in [0.2, 0.25) is 0 Å². The van der Waals surface area contributed by atoms with Crippen LogP contribution in [0.15, 0.2) is 28.9 Å². The van der Waals surface area contributed by atoms with Crippen molar-refractivity contribution in [2.75, 3.05) is 38.7 Å². The first-order valence-electron chi connectivity index (χ1n) is 9.05. The van der Waals surface area contributed by atoms with Gasteiger partial charge in [0.25, 0.3) is 5.91 Å². The largest absolute Gasteiger partial charge is 0.375 e. The number of aryl methyl sites for hydroxylation is 2. The molecule has 1 fully saturated rings. The number of rotatable bonds is 6. The van der Waals surface area contributed by atoms with E-state index < -0.39 is 0 Å². The second kappa shape index (κ2) is 8.31.